The third kappa shape index (κ3) is 2.39. The number of methoxy groups -OCH3 is 1. The Labute approximate surface area is 97.1 Å². The molecule has 0 aliphatic carbocycles. The molecule has 0 amide bonds. The van der Waals surface area contributed by atoms with Gasteiger partial charge in [0.2, 0.25) is 0 Å². The second kappa shape index (κ2) is 4.61. The lowest BCUT2D eigenvalue weighted by molar-refractivity contribution is 0.0601. The normalized spacial score (nSPS) is 9.94. The molecule has 0 radical (unpaired) electrons. The van der Waals surface area contributed by atoms with Crippen molar-refractivity contribution in [2.24, 2.45) is 0 Å². The molecule has 0 saturated heterocycles. The minimum absolute atomic E-state index is 0.379. The van der Waals surface area contributed by atoms with Crippen LogP contribution >= 0.6 is 0 Å². The highest BCUT2D eigenvalue weighted by Gasteiger charge is 2.05. The summed E-state index contributed by atoms with van der Waals surface area (Å²) in [5.41, 5.74) is 1.73. The fourth-order valence-electron chi connectivity index (χ4n) is 1.42. The van der Waals surface area contributed by atoms with Crippen molar-refractivity contribution in [2.75, 3.05) is 7.11 Å². The first-order valence-corrected chi connectivity index (χ1v) is 4.94. The molecule has 1 N–H and O–H groups in total. The summed E-state index contributed by atoms with van der Waals surface area (Å²) in [6.45, 7) is 0. The zero-order chi connectivity index (χ0) is 12.3. The fourth-order valence-corrected chi connectivity index (χ4v) is 1.42. The van der Waals surface area contributed by atoms with Crippen molar-refractivity contribution in [3.05, 3.63) is 52.7 Å². The van der Waals surface area contributed by atoms with Crippen LogP contribution in [0, 0.1) is 0 Å². The van der Waals surface area contributed by atoms with E-state index in [1.165, 1.54) is 13.3 Å². The number of aromatic amines is 1. The van der Waals surface area contributed by atoms with E-state index in [2.05, 4.69) is 14.7 Å². The molecule has 1 aromatic heterocycles. The summed E-state index contributed by atoms with van der Waals surface area (Å²) in [4.78, 5) is 28.1. The zero-order valence-corrected chi connectivity index (χ0v) is 9.14. The van der Waals surface area contributed by atoms with Gasteiger partial charge in [-0.15, -0.1) is 0 Å². The summed E-state index contributed by atoms with van der Waals surface area (Å²) in [5, 5.41) is 0. The zero-order valence-electron chi connectivity index (χ0n) is 9.14. The summed E-state index contributed by atoms with van der Waals surface area (Å²) in [6.07, 6.45) is 3.05. The molecular formula is C12H10N2O3. The number of H-pyrrole nitrogens is 1. The number of aromatic nitrogens is 2. The molecule has 86 valence electrons. The molecule has 5 heteroatoms. The van der Waals surface area contributed by atoms with Gasteiger partial charge in [-0.05, 0) is 17.7 Å². The first-order valence-electron chi connectivity index (χ1n) is 4.94. The highest BCUT2D eigenvalue weighted by Crippen LogP contribution is 2.17. The molecule has 0 unspecified atom stereocenters. The Morgan fingerprint density at radius 3 is 2.47 bits per heavy atom. The van der Waals surface area contributed by atoms with Gasteiger partial charge in [0.05, 0.1) is 12.7 Å². The van der Waals surface area contributed by atoms with Crippen LogP contribution in [0.25, 0.3) is 11.1 Å². The number of carbonyl (C=O) groups is 1. The molecule has 0 bridgehead atoms. The first-order chi connectivity index (χ1) is 8.20. The van der Waals surface area contributed by atoms with Crippen LogP contribution < -0.4 is 5.69 Å². The predicted molar refractivity (Wildman–Crippen MR) is 61.6 cm³/mol. The predicted octanol–water partition coefficient (Wildman–Crippen LogP) is 1.22. The Bertz CT molecular complexity index is 567. The van der Waals surface area contributed by atoms with Crippen LogP contribution in [0.1, 0.15) is 10.4 Å². The van der Waals surface area contributed by atoms with E-state index in [1.807, 2.05) is 0 Å². The highest BCUT2D eigenvalue weighted by atomic mass is 16.5. The molecule has 2 aromatic rings. The van der Waals surface area contributed by atoms with Gasteiger partial charge in [-0.1, -0.05) is 12.1 Å². The van der Waals surface area contributed by atoms with Gasteiger partial charge in [0.15, 0.2) is 0 Å². The van der Waals surface area contributed by atoms with Crippen molar-refractivity contribution in [2.45, 2.75) is 0 Å². The number of hydrogen-bond donors (Lipinski definition) is 1. The van der Waals surface area contributed by atoms with E-state index in [9.17, 15) is 9.59 Å². The van der Waals surface area contributed by atoms with E-state index in [-0.39, 0.29) is 11.7 Å². The lowest BCUT2D eigenvalue weighted by Crippen LogP contribution is -2.07. The molecule has 1 heterocycles. The molecular weight excluding hydrogens is 220 g/mol. The lowest BCUT2D eigenvalue weighted by atomic mass is 10.1. The Morgan fingerprint density at radius 2 is 1.94 bits per heavy atom. The molecule has 0 spiro atoms. The topological polar surface area (TPSA) is 72.0 Å². The maximum absolute atomic E-state index is 11.2. The molecule has 0 aliphatic heterocycles. The van der Waals surface area contributed by atoms with Gasteiger partial charge >= 0.3 is 11.7 Å². The van der Waals surface area contributed by atoms with Gasteiger partial charge in [-0.25, -0.2) is 14.6 Å². The minimum Gasteiger partial charge on any atom is -0.465 e. The Kier molecular flexibility index (Phi) is 3.00. The van der Waals surface area contributed by atoms with E-state index in [0.717, 1.165) is 11.1 Å². The van der Waals surface area contributed by atoms with Gasteiger partial charge < -0.3 is 9.72 Å². The van der Waals surface area contributed by atoms with E-state index < -0.39 is 0 Å². The van der Waals surface area contributed by atoms with Crippen molar-refractivity contribution >= 4 is 5.97 Å². The van der Waals surface area contributed by atoms with Crippen LogP contribution in [-0.4, -0.2) is 23.0 Å². The maximum Gasteiger partial charge on any atom is 0.344 e. The largest absolute Gasteiger partial charge is 0.465 e. The number of rotatable bonds is 2. The molecule has 0 atom stereocenters. The summed E-state index contributed by atoms with van der Waals surface area (Å²) >= 11 is 0. The van der Waals surface area contributed by atoms with Crippen LogP contribution in [0.15, 0.2) is 41.5 Å². The van der Waals surface area contributed by atoms with Gasteiger partial charge in [0.1, 0.15) is 0 Å². The van der Waals surface area contributed by atoms with Crippen molar-refractivity contribution in [3.63, 3.8) is 0 Å². The van der Waals surface area contributed by atoms with Crippen molar-refractivity contribution in [1.82, 2.24) is 9.97 Å². The summed E-state index contributed by atoms with van der Waals surface area (Å²) in [5.74, 6) is -0.379. The van der Waals surface area contributed by atoms with E-state index in [0.29, 0.717) is 5.56 Å². The Balaban J connectivity index is 2.32. The lowest BCUT2D eigenvalue weighted by Gasteiger charge is -2.02. The number of benzene rings is 1. The summed E-state index contributed by atoms with van der Waals surface area (Å²) < 4.78 is 4.60. The highest BCUT2D eigenvalue weighted by molar-refractivity contribution is 5.89. The van der Waals surface area contributed by atoms with Gasteiger partial charge in [0.25, 0.3) is 0 Å². The van der Waals surface area contributed by atoms with E-state index in [1.54, 1.807) is 30.5 Å². The summed E-state index contributed by atoms with van der Waals surface area (Å²) in [6, 6.07) is 6.85. The van der Waals surface area contributed by atoms with Crippen LogP contribution in [0.5, 0.6) is 0 Å². The molecule has 0 aliphatic rings. The van der Waals surface area contributed by atoms with Crippen LogP contribution in [0.4, 0.5) is 0 Å². The van der Waals surface area contributed by atoms with Gasteiger partial charge in [-0.2, -0.15) is 0 Å². The smallest absolute Gasteiger partial charge is 0.344 e. The number of esters is 1. The third-order valence-electron chi connectivity index (χ3n) is 2.31. The van der Waals surface area contributed by atoms with Crippen LogP contribution in [-0.2, 0) is 4.74 Å². The fraction of sp³-hybridized carbons (Fsp3) is 0.0833. The van der Waals surface area contributed by atoms with Gasteiger partial charge in [-0.3, -0.25) is 0 Å². The molecule has 5 nitrogen and oxygen atoms in total. The number of carbonyl (C=O) groups excluding carboxylic acids is 1. The molecule has 0 fully saturated rings. The van der Waals surface area contributed by atoms with Gasteiger partial charge in [0, 0.05) is 18.0 Å². The van der Waals surface area contributed by atoms with Crippen LogP contribution in [0.3, 0.4) is 0 Å². The monoisotopic (exact) mass is 230 g/mol. The van der Waals surface area contributed by atoms with Crippen molar-refractivity contribution < 1.29 is 9.53 Å². The van der Waals surface area contributed by atoms with E-state index >= 15 is 0 Å². The Hall–Kier alpha value is -2.43. The second-order valence-electron chi connectivity index (χ2n) is 3.38. The molecule has 0 saturated carbocycles. The standard InChI is InChI=1S/C12H10N2O3/c1-17-11(15)9-4-2-8(3-5-9)10-6-13-12(16)14-7-10/h2-7H,1H3,(H,13,14,16). The number of nitrogens with one attached hydrogen (secondary N) is 1. The van der Waals surface area contributed by atoms with Crippen molar-refractivity contribution in [1.29, 1.82) is 0 Å². The molecule has 1 aromatic carbocycles. The maximum atomic E-state index is 11.2. The first kappa shape index (κ1) is 11.1. The van der Waals surface area contributed by atoms with E-state index in [4.69, 9.17) is 0 Å². The average Bonchev–Trinajstić information content (AvgIpc) is 2.39. The minimum atomic E-state index is -0.389. The molecule has 2 rings (SSSR count). The third-order valence-corrected chi connectivity index (χ3v) is 2.31. The SMILES string of the molecule is COC(=O)c1ccc(-c2cnc(=O)[nH]c2)cc1. The average molecular weight is 230 g/mol. The Morgan fingerprint density at radius 1 is 1.24 bits per heavy atom. The van der Waals surface area contributed by atoms with Crippen LogP contribution in [0.2, 0.25) is 0 Å². The summed E-state index contributed by atoms with van der Waals surface area (Å²) in [7, 11) is 1.34. The second-order valence-corrected chi connectivity index (χ2v) is 3.38. The molecule has 17 heavy (non-hydrogen) atoms. The quantitative estimate of drug-likeness (QED) is 0.787. The number of hydrogen-bond acceptors (Lipinski definition) is 4. The number of nitrogens with zero attached hydrogens (tertiary/aromatic N) is 1. The number of ether oxygens (including phenoxy) is 1. The van der Waals surface area contributed by atoms with Crippen molar-refractivity contribution in [3.8, 4) is 11.1 Å².